The maximum absolute atomic E-state index is 13.8. The van der Waals surface area contributed by atoms with Gasteiger partial charge in [-0.15, -0.1) is 0 Å². The fourth-order valence-electron chi connectivity index (χ4n) is 1.87. The van der Waals surface area contributed by atoms with Gasteiger partial charge < -0.3 is 15.2 Å². The van der Waals surface area contributed by atoms with Gasteiger partial charge >= 0.3 is 0 Å². The van der Waals surface area contributed by atoms with E-state index in [4.69, 9.17) is 15.2 Å². The molecule has 2 aromatic rings. The molecular formula is C15H16FNO2. The molecule has 2 N–H and O–H groups in total. The van der Waals surface area contributed by atoms with Crippen molar-refractivity contribution in [3.05, 3.63) is 47.8 Å². The summed E-state index contributed by atoms with van der Waals surface area (Å²) in [5.41, 5.74) is 7.54. The van der Waals surface area contributed by atoms with Gasteiger partial charge in [-0.1, -0.05) is 12.1 Å². The summed E-state index contributed by atoms with van der Waals surface area (Å²) in [5, 5.41) is 0. The second-order valence-electron chi connectivity index (χ2n) is 4.11. The third kappa shape index (κ3) is 2.85. The van der Waals surface area contributed by atoms with Crippen LogP contribution in [0.1, 0.15) is 5.56 Å². The number of benzene rings is 2. The Labute approximate surface area is 111 Å². The predicted molar refractivity (Wildman–Crippen MR) is 72.8 cm³/mol. The molecule has 2 rings (SSSR count). The number of ether oxygens (including phenoxy) is 2. The van der Waals surface area contributed by atoms with Crippen LogP contribution in [0.3, 0.4) is 0 Å². The molecule has 3 nitrogen and oxygen atoms in total. The van der Waals surface area contributed by atoms with Crippen molar-refractivity contribution >= 4 is 0 Å². The predicted octanol–water partition coefficient (Wildman–Crippen LogP) is 2.97. The van der Waals surface area contributed by atoms with Crippen LogP contribution in [-0.4, -0.2) is 14.2 Å². The lowest BCUT2D eigenvalue weighted by atomic mass is 10.0. The molecule has 0 radical (unpaired) electrons. The molecule has 4 heteroatoms. The molecule has 0 aliphatic rings. The molecule has 0 heterocycles. The van der Waals surface area contributed by atoms with Gasteiger partial charge in [0.05, 0.1) is 14.2 Å². The van der Waals surface area contributed by atoms with E-state index in [0.717, 1.165) is 11.1 Å². The van der Waals surface area contributed by atoms with Crippen LogP contribution in [0.2, 0.25) is 0 Å². The summed E-state index contributed by atoms with van der Waals surface area (Å²) in [4.78, 5) is 0. The molecule has 0 aromatic heterocycles. The molecule has 0 bridgehead atoms. The molecule has 0 saturated carbocycles. The first kappa shape index (κ1) is 13.4. The van der Waals surface area contributed by atoms with Gasteiger partial charge in [-0.05, 0) is 29.3 Å². The highest BCUT2D eigenvalue weighted by Gasteiger charge is 2.07. The van der Waals surface area contributed by atoms with Crippen molar-refractivity contribution in [3.8, 4) is 22.6 Å². The monoisotopic (exact) mass is 261 g/mol. The first-order chi connectivity index (χ1) is 9.17. The summed E-state index contributed by atoms with van der Waals surface area (Å²) in [6.07, 6.45) is 0. The van der Waals surface area contributed by atoms with E-state index in [-0.39, 0.29) is 12.4 Å². The van der Waals surface area contributed by atoms with Gasteiger partial charge in [0.25, 0.3) is 0 Å². The van der Waals surface area contributed by atoms with E-state index in [1.165, 1.54) is 6.07 Å². The normalized spacial score (nSPS) is 10.3. The van der Waals surface area contributed by atoms with Crippen LogP contribution in [0, 0.1) is 5.82 Å². The quantitative estimate of drug-likeness (QED) is 0.920. The summed E-state index contributed by atoms with van der Waals surface area (Å²) in [6.45, 7) is 0.188. The topological polar surface area (TPSA) is 44.5 Å². The van der Waals surface area contributed by atoms with Gasteiger partial charge in [-0.25, -0.2) is 4.39 Å². The summed E-state index contributed by atoms with van der Waals surface area (Å²) in [5.74, 6) is 1.03. The van der Waals surface area contributed by atoms with E-state index < -0.39 is 0 Å². The number of hydrogen-bond donors (Lipinski definition) is 1. The van der Waals surface area contributed by atoms with Crippen molar-refractivity contribution in [2.45, 2.75) is 6.54 Å². The molecule has 0 atom stereocenters. The van der Waals surface area contributed by atoms with E-state index in [9.17, 15) is 4.39 Å². The van der Waals surface area contributed by atoms with Gasteiger partial charge in [0.1, 0.15) is 17.3 Å². The summed E-state index contributed by atoms with van der Waals surface area (Å²) in [7, 11) is 3.16. The first-order valence-electron chi connectivity index (χ1n) is 5.90. The third-order valence-electron chi connectivity index (χ3n) is 2.96. The summed E-state index contributed by atoms with van der Waals surface area (Å²) < 4.78 is 24.2. The Hall–Kier alpha value is -2.07. The molecule has 0 aliphatic heterocycles. The lowest BCUT2D eigenvalue weighted by Crippen LogP contribution is -1.99. The third-order valence-corrected chi connectivity index (χ3v) is 2.96. The lowest BCUT2D eigenvalue weighted by Gasteiger charge is -2.09. The van der Waals surface area contributed by atoms with Crippen molar-refractivity contribution in [1.82, 2.24) is 0 Å². The van der Waals surface area contributed by atoms with Crippen LogP contribution in [-0.2, 0) is 6.54 Å². The zero-order valence-corrected chi connectivity index (χ0v) is 10.9. The zero-order valence-electron chi connectivity index (χ0n) is 10.9. The SMILES string of the molecule is COc1cc(OC)cc(-c2ccc(CN)c(F)c2)c1. The Morgan fingerprint density at radius 2 is 1.58 bits per heavy atom. The summed E-state index contributed by atoms with van der Waals surface area (Å²) >= 11 is 0. The summed E-state index contributed by atoms with van der Waals surface area (Å²) in [6, 6.07) is 10.4. The highest BCUT2D eigenvalue weighted by atomic mass is 19.1. The maximum atomic E-state index is 13.8. The van der Waals surface area contributed by atoms with Crippen LogP contribution < -0.4 is 15.2 Å². The minimum Gasteiger partial charge on any atom is -0.497 e. The number of hydrogen-bond acceptors (Lipinski definition) is 3. The van der Waals surface area contributed by atoms with Crippen molar-refractivity contribution in [2.75, 3.05) is 14.2 Å². The Kier molecular flexibility index (Phi) is 4.02. The second-order valence-corrected chi connectivity index (χ2v) is 4.11. The van der Waals surface area contributed by atoms with Gasteiger partial charge in [-0.2, -0.15) is 0 Å². The molecule has 2 aromatic carbocycles. The Bertz CT molecular complexity index is 562. The second kappa shape index (κ2) is 5.71. The minimum absolute atomic E-state index is 0.188. The van der Waals surface area contributed by atoms with Crippen molar-refractivity contribution in [2.24, 2.45) is 5.73 Å². The van der Waals surface area contributed by atoms with Gasteiger partial charge in [0, 0.05) is 18.2 Å². The lowest BCUT2D eigenvalue weighted by molar-refractivity contribution is 0.394. The minimum atomic E-state index is -0.304. The Morgan fingerprint density at radius 3 is 2.05 bits per heavy atom. The number of methoxy groups -OCH3 is 2. The molecule has 100 valence electrons. The van der Waals surface area contributed by atoms with E-state index in [1.807, 2.05) is 18.2 Å². The van der Waals surface area contributed by atoms with Gasteiger partial charge in [0.2, 0.25) is 0 Å². The molecular weight excluding hydrogens is 245 g/mol. The standard InChI is InChI=1S/C15H16FNO2/c1-18-13-5-12(6-14(8-13)19-2)10-3-4-11(9-17)15(16)7-10/h3-8H,9,17H2,1-2H3. The Balaban J connectivity index is 2.48. The fourth-order valence-corrected chi connectivity index (χ4v) is 1.87. The van der Waals surface area contributed by atoms with E-state index in [2.05, 4.69) is 0 Å². The molecule has 0 amide bonds. The van der Waals surface area contributed by atoms with E-state index in [0.29, 0.717) is 17.1 Å². The zero-order chi connectivity index (χ0) is 13.8. The fraction of sp³-hybridized carbons (Fsp3) is 0.200. The average Bonchev–Trinajstić information content (AvgIpc) is 2.46. The van der Waals surface area contributed by atoms with Gasteiger partial charge in [0.15, 0.2) is 0 Å². The van der Waals surface area contributed by atoms with E-state index >= 15 is 0 Å². The molecule has 0 unspecified atom stereocenters. The van der Waals surface area contributed by atoms with Crippen LogP contribution in [0.25, 0.3) is 11.1 Å². The van der Waals surface area contributed by atoms with Crippen LogP contribution in [0.5, 0.6) is 11.5 Å². The molecule has 0 spiro atoms. The molecule has 0 fully saturated rings. The first-order valence-corrected chi connectivity index (χ1v) is 5.90. The number of rotatable bonds is 4. The van der Waals surface area contributed by atoms with Crippen molar-refractivity contribution < 1.29 is 13.9 Å². The van der Waals surface area contributed by atoms with Crippen LogP contribution in [0.4, 0.5) is 4.39 Å². The average molecular weight is 261 g/mol. The highest BCUT2D eigenvalue weighted by molar-refractivity contribution is 5.67. The molecule has 0 saturated heterocycles. The van der Waals surface area contributed by atoms with Crippen LogP contribution in [0.15, 0.2) is 36.4 Å². The van der Waals surface area contributed by atoms with Gasteiger partial charge in [-0.3, -0.25) is 0 Å². The maximum Gasteiger partial charge on any atom is 0.128 e. The highest BCUT2D eigenvalue weighted by Crippen LogP contribution is 2.30. The Morgan fingerprint density at radius 1 is 0.947 bits per heavy atom. The molecule has 0 aliphatic carbocycles. The van der Waals surface area contributed by atoms with E-state index in [1.54, 1.807) is 26.4 Å². The molecule has 19 heavy (non-hydrogen) atoms. The largest absolute Gasteiger partial charge is 0.497 e. The van der Waals surface area contributed by atoms with Crippen molar-refractivity contribution in [3.63, 3.8) is 0 Å². The smallest absolute Gasteiger partial charge is 0.128 e. The number of halogens is 1. The van der Waals surface area contributed by atoms with Crippen molar-refractivity contribution in [1.29, 1.82) is 0 Å². The van der Waals surface area contributed by atoms with Crippen LogP contribution >= 0.6 is 0 Å². The number of nitrogens with two attached hydrogens (primary N) is 1.